The number of hydrogen-bond acceptors (Lipinski definition) is 8. The first-order chi connectivity index (χ1) is 9.52. The van der Waals surface area contributed by atoms with Gasteiger partial charge in [0.05, 0.1) is 26.3 Å². The molecule has 0 rings (SSSR count). The molecule has 0 aromatic heterocycles. The number of nitrogens with zero attached hydrogens (tertiary/aromatic N) is 6. The Morgan fingerprint density at radius 3 is 1.50 bits per heavy atom. The van der Waals surface area contributed by atoms with Crippen molar-refractivity contribution in [3.05, 3.63) is 0 Å². The van der Waals surface area contributed by atoms with E-state index in [0.717, 1.165) is 10.0 Å². The summed E-state index contributed by atoms with van der Waals surface area (Å²) in [7, 11) is 2.86. The number of rotatable bonds is 7. The van der Waals surface area contributed by atoms with Gasteiger partial charge in [-0.15, -0.1) is 0 Å². The summed E-state index contributed by atoms with van der Waals surface area (Å²) in [5.74, 6) is 0. The molecule has 0 fully saturated rings. The standard InChI is InChI=1S/C10H20N6O4/c1-5-19-9(17)15(3)13-11-7-8-12-14-16(4)10(18)20-6-2/h5-8H2,1-4H3. The molecule has 114 valence electrons. The van der Waals surface area contributed by atoms with Gasteiger partial charge in [-0.2, -0.15) is 20.2 Å². The molecule has 10 nitrogen and oxygen atoms in total. The van der Waals surface area contributed by atoms with E-state index in [0.29, 0.717) is 0 Å². The van der Waals surface area contributed by atoms with Crippen LogP contribution in [0.5, 0.6) is 0 Å². The average molecular weight is 288 g/mol. The summed E-state index contributed by atoms with van der Waals surface area (Å²) in [5.41, 5.74) is 0. The Bertz CT molecular complexity index is 326. The van der Waals surface area contributed by atoms with Crippen molar-refractivity contribution in [2.45, 2.75) is 13.8 Å². The molecular formula is C10H20N6O4. The van der Waals surface area contributed by atoms with Crippen LogP contribution in [0.1, 0.15) is 13.8 Å². The Morgan fingerprint density at radius 1 is 0.850 bits per heavy atom. The van der Waals surface area contributed by atoms with E-state index in [4.69, 9.17) is 9.47 Å². The van der Waals surface area contributed by atoms with Crippen molar-refractivity contribution < 1.29 is 19.1 Å². The molecule has 0 radical (unpaired) electrons. The molecule has 0 atom stereocenters. The molecule has 0 heterocycles. The maximum absolute atomic E-state index is 11.1. The van der Waals surface area contributed by atoms with E-state index < -0.39 is 12.2 Å². The number of carbonyl (C=O) groups is 2. The van der Waals surface area contributed by atoms with Gasteiger partial charge in [0.2, 0.25) is 0 Å². The molecule has 0 unspecified atom stereocenters. The van der Waals surface area contributed by atoms with Crippen LogP contribution in [0.15, 0.2) is 20.7 Å². The highest BCUT2D eigenvalue weighted by atomic mass is 16.6. The molecule has 0 spiro atoms. The van der Waals surface area contributed by atoms with Crippen molar-refractivity contribution in [3.8, 4) is 0 Å². The summed E-state index contributed by atoms with van der Waals surface area (Å²) in [6.45, 7) is 4.39. The van der Waals surface area contributed by atoms with Gasteiger partial charge < -0.3 is 9.47 Å². The van der Waals surface area contributed by atoms with Crippen LogP contribution in [-0.2, 0) is 9.47 Å². The van der Waals surface area contributed by atoms with Gasteiger partial charge in [0, 0.05) is 14.1 Å². The monoisotopic (exact) mass is 288 g/mol. The molecule has 0 saturated carbocycles. The Balaban J connectivity index is 3.90. The highest BCUT2D eigenvalue weighted by molar-refractivity contribution is 5.66. The third-order valence-corrected chi connectivity index (χ3v) is 1.76. The van der Waals surface area contributed by atoms with Crippen molar-refractivity contribution in [1.82, 2.24) is 10.0 Å². The number of amides is 2. The Hall–Kier alpha value is -2.26. The first-order valence-electron chi connectivity index (χ1n) is 6.08. The maximum Gasteiger partial charge on any atom is 0.431 e. The number of carbonyl (C=O) groups excluding carboxylic acids is 2. The zero-order valence-corrected chi connectivity index (χ0v) is 12.1. The first-order valence-corrected chi connectivity index (χ1v) is 6.08. The van der Waals surface area contributed by atoms with Crippen molar-refractivity contribution in [3.63, 3.8) is 0 Å². The number of hydrogen-bond donors (Lipinski definition) is 0. The smallest absolute Gasteiger partial charge is 0.431 e. The fourth-order valence-corrected chi connectivity index (χ4v) is 0.875. The second-order valence-electron chi connectivity index (χ2n) is 3.35. The molecule has 0 aliphatic carbocycles. The van der Waals surface area contributed by atoms with Crippen LogP contribution >= 0.6 is 0 Å². The second-order valence-corrected chi connectivity index (χ2v) is 3.35. The summed E-state index contributed by atoms with van der Waals surface area (Å²) in [5, 5.41) is 16.6. The summed E-state index contributed by atoms with van der Waals surface area (Å²) < 4.78 is 9.39. The predicted octanol–water partition coefficient (Wildman–Crippen LogP) is 1.90. The van der Waals surface area contributed by atoms with Crippen LogP contribution in [0.25, 0.3) is 0 Å². The van der Waals surface area contributed by atoms with E-state index in [-0.39, 0.29) is 26.3 Å². The SMILES string of the molecule is CCOC(=O)N(C)N=NCCN=NN(C)C(=O)OCC. The molecule has 0 N–H and O–H groups in total. The van der Waals surface area contributed by atoms with Crippen LogP contribution in [0.2, 0.25) is 0 Å². The third-order valence-electron chi connectivity index (χ3n) is 1.76. The van der Waals surface area contributed by atoms with Crippen LogP contribution in [0, 0.1) is 0 Å². The molecule has 0 saturated heterocycles. The van der Waals surface area contributed by atoms with Crippen molar-refractivity contribution in [2.24, 2.45) is 20.7 Å². The third kappa shape index (κ3) is 7.95. The quantitative estimate of drug-likeness (QED) is 0.405. The second kappa shape index (κ2) is 10.6. The molecule has 10 heteroatoms. The van der Waals surface area contributed by atoms with Gasteiger partial charge in [0.25, 0.3) is 0 Å². The molecule has 20 heavy (non-hydrogen) atoms. The van der Waals surface area contributed by atoms with E-state index in [1.165, 1.54) is 14.1 Å². The normalized spacial score (nSPS) is 10.8. The lowest BCUT2D eigenvalue weighted by atomic mass is 10.7. The van der Waals surface area contributed by atoms with Crippen LogP contribution in [0.4, 0.5) is 9.59 Å². The van der Waals surface area contributed by atoms with Gasteiger partial charge in [0.15, 0.2) is 0 Å². The van der Waals surface area contributed by atoms with Crippen LogP contribution in [0.3, 0.4) is 0 Å². The van der Waals surface area contributed by atoms with Crippen molar-refractivity contribution >= 4 is 12.2 Å². The molecule has 0 bridgehead atoms. The largest absolute Gasteiger partial charge is 0.448 e. The van der Waals surface area contributed by atoms with Gasteiger partial charge in [-0.05, 0) is 13.8 Å². The van der Waals surface area contributed by atoms with E-state index in [9.17, 15) is 9.59 Å². The van der Waals surface area contributed by atoms with Gasteiger partial charge in [-0.1, -0.05) is 10.4 Å². The lowest BCUT2D eigenvalue weighted by Crippen LogP contribution is -2.22. The zero-order valence-electron chi connectivity index (χ0n) is 12.1. The highest BCUT2D eigenvalue weighted by Crippen LogP contribution is 1.94. The van der Waals surface area contributed by atoms with Gasteiger partial charge in [0.1, 0.15) is 0 Å². The zero-order chi connectivity index (χ0) is 15.4. The lowest BCUT2D eigenvalue weighted by molar-refractivity contribution is 0.113. The Morgan fingerprint density at radius 2 is 1.20 bits per heavy atom. The van der Waals surface area contributed by atoms with E-state index in [1.807, 2.05) is 0 Å². The summed E-state index contributed by atoms with van der Waals surface area (Å²) in [6, 6.07) is 0. The van der Waals surface area contributed by atoms with Gasteiger partial charge in [-0.3, -0.25) is 0 Å². The predicted molar refractivity (Wildman–Crippen MR) is 69.0 cm³/mol. The van der Waals surface area contributed by atoms with Gasteiger partial charge in [-0.25, -0.2) is 9.59 Å². The Kier molecular flexibility index (Phi) is 9.44. The van der Waals surface area contributed by atoms with Crippen molar-refractivity contribution in [1.29, 1.82) is 0 Å². The fraction of sp³-hybridized carbons (Fsp3) is 0.800. The minimum Gasteiger partial charge on any atom is -0.448 e. The molecule has 0 aliphatic rings. The molecule has 0 aliphatic heterocycles. The number of ether oxygens (including phenoxy) is 2. The van der Waals surface area contributed by atoms with E-state index in [1.54, 1.807) is 13.8 Å². The Labute approximate surface area is 117 Å². The van der Waals surface area contributed by atoms with E-state index >= 15 is 0 Å². The summed E-state index contributed by atoms with van der Waals surface area (Å²) in [4.78, 5) is 22.3. The van der Waals surface area contributed by atoms with Crippen LogP contribution < -0.4 is 0 Å². The van der Waals surface area contributed by atoms with Crippen molar-refractivity contribution in [2.75, 3.05) is 40.4 Å². The minimum atomic E-state index is -0.583. The van der Waals surface area contributed by atoms with Crippen LogP contribution in [-0.4, -0.2) is 62.6 Å². The minimum absolute atomic E-state index is 0.226. The molecule has 0 aromatic carbocycles. The molecule has 0 aromatic rings. The fourth-order valence-electron chi connectivity index (χ4n) is 0.875. The molecular weight excluding hydrogens is 268 g/mol. The van der Waals surface area contributed by atoms with E-state index in [2.05, 4.69) is 20.7 Å². The maximum atomic E-state index is 11.1. The topological polar surface area (TPSA) is 109 Å². The lowest BCUT2D eigenvalue weighted by Gasteiger charge is -2.08. The summed E-state index contributed by atoms with van der Waals surface area (Å²) in [6.07, 6.45) is -1.17. The molecule has 2 amide bonds. The highest BCUT2D eigenvalue weighted by Gasteiger charge is 2.07. The average Bonchev–Trinajstić information content (AvgIpc) is 2.42. The summed E-state index contributed by atoms with van der Waals surface area (Å²) >= 11 is 0. The first kappa shape index (κ1) is 17.7. The van der Waals surface area contributed by atoms with Gasteiger partial charge >= 0.3 is 12.2 Å².